The maximum absolute atomic E-state index is 6.11. The molecule has 1 aliphatic rings. The van der Waals surface area contributed by atoms with Crippen LogP contribution in [0.3, 0.4) is 0 Å². The highest BCUT2D eigenvalue weighted by atomic mass is 35.5. The standard InChI is InChI=1S/C20H19ClN4O2S2/c1-26-14-5-6-15(27-2)18-17(14)23-20(29-18)25-9-7-24(8-10-25)19-22-13-4-3-12(21)11-16(13)28-19/h3-6,11H,7-10H2,1-2H3. The molecule has 150 valence electrons. The molecule has 0 amide bonds. The maximum atomic E-state index is 6.11. The molecule has 0 bridgehead atoms. The Hall–Kier alpha value is -2.29. The summed E-state index contributed by atoms with van der Waals surface area (Å²) in [5.74, 6) is 1.60. The number of benzene rings is 2. The summed E-state index contributed by atoms with van der Waals surface area (Å²) in [5, 5.41) is 2.80. The van der Waals surface area contributed by atoms with Gasteiger partial charge in [0.1, 0.15) is 21.7 Å². The zero-order valence-corrected chi connectivity index (χ0v) is 18.4. The molecule has 3 heterocycles. The minimum Gasteiger partial charge on any atom is -0.495 e. The average molecular weight is 447 g/mol. The van der Waals surface area contributed by atoms with Crippen LogP contribution in [0.4, 0.5) is 10.3 Å². The third-order valence-electron chi connectivity index (χ3n) is 5.06. The van der Waals surface area contributed by atoms with E-state index in [1.165, 1.54) is 0 Å². The van der Waals surface area contributed by atoms with Crippen molar-refractivity contribution < 1.29 is 9.47 Å². The third kappa shape index (κ3) is 3.35. The van der Waals surface area contributed by atoms with E-state index in [1.54, 1.807) is 36.9 Å². The number of ether oxygens (including phenoxy) is 2. The van der Waals surface area contributed by atoms with Gasteiger partial charge < -0.3 is 19.3 Å². The molecule has 29 heavy (non-hydrogen) atoms. The summed E-state index contributed by atoms with van der Waals surface area (Å²) >= 11 is 9.46. The summed E-state index contributed by atoms with van der Waals surface area (Å²) in [6.45, 7) is 3.58. The van der Waals surface area contributed by atoms with Crippen LogP contribution in [-0.2, 0) is 0 Å². The molecule has 0 radical (unpaired) electrons. The molecule has 0 saturated carbocycles. The van der Waals surface area contributed by atoms with Crippen molar-refractivity contribution in [3.05, 3.63) is 35.4 Å². The predicted molar refractivity (Wildman–Crippen MR) is 122 cm³/mol. The minimum absolute atomic E-state index is 0.749. The number of aromatic nitrogens is 2. The van der Waals surface area contributed by atoms with Gasteiger partial charge in [0.25, 0.3) is 0 Å². The molecular formula is C20H19ClN4O2S2. The normalized spacial score (nSPS) is 14.7. The first-order valence-corrected chi connectivity index (χ1v) is 11.2. The Morgan fingerprint density at radius 3 is 2.21 bits per heavy atom. The molecule has 6 nitrogen and oxygen atoms in total. The van der Waals surface area contributed by atoms with Crippen molar-refractivity contribution in [1.82, 2.24) is 9.97 Å². The first kappa shape index (κ1) is 18.7. The summed E-state index contributed by atoms with van der Waals surface area (Å²) in [7, 11) is 3.36. The van der Waals surface area contributed by atoms with E-state index >= 15 is 0 Å². The first-order chi connectivity index (χ1) is 14.2. The Morgan fingerprint density at radius 2 is 1.52 bits per heavy atom. The summed E-state index contributed by atoms with van der Waals surface area (Å²) in [6.07, 6.45) is 0. The molecule has 5 rings (SSSR count). The fourth-order valence-corrected chi connectivity index (χ4v) is 5.94. The Balaban J connectivity index is 1.37. The number of methoxy groups -OCH3 is 2. The van der Waals surface area contributed by atoms with Crippen molar-refractivity contribution in [1.29, 1.82) is 0 Å². The molecule has 1 aliphatic heterocycles. The number of rotatable bonds is 4. The lowest BCUT2D eigenvalue weighted by Gasteiger charge is -2.34. The molecule has 0 atom stereocenters. The summed E-state index contributed by atoms with van der Waals surface area (Å²) in [5.41, 5.74) is 1.86. The number of anilines is 2. The molecule has 0 spiro atoms. The molecule has 2 aromatic heterocycles. The molecule has 9 heteroatoms. The monoisotopic (exact) mass is 446 g/mol. The number of hydrogen-bond donors (Lipinski definition) is 0. The van der Waals surface area contributed by atoms with Crippen LogP contribution in [0, 0.1) is 0 Å². The van der Waals surface area contributed by atoms with Gasteiger partial charge in [0, 0.05) is 31.2 Å². The molecule has 1 fully saturated rings. The first-order valence-electron chi connectivity index (χ1n) is 9.24. The second-order valence-electron chi connectivity index (χ2n) is 6.73. The van der Waals surface area contributed by atoms with E-state index in [-0.39, 0.29) is 0 Å². The van der Waals surface area contributed by atoms with Gasteiger partial charge in [0.2, 0.25) is 0 Å². The van der Waals surface area contributed by atoms with Crippen LogP contribution in [0.25, 0.3) is 20.4 Å². The topological polar surface area (TPSA) is 50.7 Å². The van der Waals surface area contributed by atoms with Crippen molar-refractivity contribution >= 4 is 65.0 Å². The van der Waals surface area contributed by atoms with Crippen molar-refractivity contribution in [2.75, 3.05) is 50.2 Å². The molecule has 0 unspecified atom stereocenters. The number of nitrogens with zero attached hydrogens (tertiary/aromatic N) is 4. The predicted octanol–water partition coefficient (Wildman–Crippen LogP) is 4.90. The number of thiazole rings is 2. The van der Waals surface area contributed by atoms with E-state index in [1.807, 2.05) is 30.3 Å². The van der Waals surface area contributed by atoms with Gasteiger partial charge in [-0.15, -0.1) is 0 Å². The highest BCUT2D eigenvalue weighted by Crippen LogP contribution is 2.40. The van der Waals surface area contributed by atoms with Crippen molar-refractivity contribution in [2.24, 2.45) is 0 Å². The van der Waals surface area contributed by atoms with E-state index in [4.69, 9.17) is 31.0 Å². The van der Waals surface area contributed by atoms with E-state index in [0.717, 1.165) is 73.4 Å². The van der Waals surface area contributed by atoms with Crippen molar-refractivity contribution in [3.63, 3.8) is 0 Å². The average Bonchev–Trinajstić information content (AvgIpc) is 3.37. The summed E-state index contributed by atoms with van der Waals surface area (Å²) < 4.78 is 13.1. The molecule has 1 saturated heterocycles. The van der Waals surface area contributed by atoms with Gasteiger partial charge in [-0.3, -0.25) is 0 Å². The lowest BCUT2D eigenvalue weighted by molar-refractivity contribution is 0.410. The van der Waals surface area contributed by atoms with Crippen LogP contribution in [0.2, 0.25) is 5.02 Å². The fraction of sp³-hybridized carbons (Fsp3) is 0.300. The van der Waals surface area contributed by atoms with Gasteiger partial charge in [0.05, 0.1) is 24.4 Å². The molecule has 2 aromatic carbocycles. The van der Waals surface area contributed by atoms with Crippen molar-refractivity contribution in [3.8, 4) is 11.5 Å². The van der Waals surface area contributed by atoms with Crippen LogP contribution in [0.15, 0.2) is 30.3 Å². The van der Waals surface area contributed by atoms with Crippen LogP contribution >= 0.6 is 34.3 Å². The van der Waals surface area contributed by atoms with Gasteiger partial charge in [0.15, 0.2) is 10.3 Å². The Bertz CT molecular complexity index is 1140. The SMILES string of the molecule is COc1ccc(OC)c2sc(N3CCN(c4nc5ccc(Cl)cc5s4)CC3)nc12. The zero-order chi connectivity index (χ0) is 20.0. The lowest BCUT2D eigenvalue weighted by Crippen LogP contribution is -2.46. The van der Waals surface area contributed by atoms with Gasteiger partial charge in [-0.05, 0) is 30.3 Å². The van der Waals surface area contributed by atoms with E-state index in [0.29, 0.717) is 0 Å². The maximum Gasteiger partial charge on any atom is 0.186 e. The molecule has 0 aliphatic carbocycles. The van der Waals surface area contributed by atoms with E-state index in [2.05, 4.69) is 9.80 Å². The lowest BCUT2D eigenvalue weighted by atomic mass is 10.3. The number of hydrogen-bond acceptors (Lipinski definition) is 8. The Labute approximate surface area is 181 Å². The zero-order valence-electron chi connectivity index (χ0n) is 16.0. The van der Waals surface area contributed by atoms with Crippen LogP contribution in [0.1, 0.15) is 0 Å². The molecular weight excluding hydrogens is 428 g/mol. The second kappa shape index (κ2) is 7.51. The molecule has 0 N–H and O–H groups in total. The smallest absolute Gasteiger partial charge is 0.186 e. The second-order valence-corrected chi connectivity index (χ2v) is 9.15. The molecule has 4 aromatic rings. The largest absolute Gasteiger partial charge is 0.495 e. The quantitative estimate of drug-likeness (QED) is 0.444. The van der Waals surface area contributed by atoms with Gasteiger partial charge in [-0.1, -0.05) is 34.3 Å². The fourth-order valence-electron chi connectivity index (χ4n) is 3.52. The Kier molecular flexibility index (Phi) is 4.85. The minimum atomic E-state index is 0.749. The summed E-state index contributed by atoms with van der Waals surface area (Å²) in [6, 6.07) is 9.69. The van der Waals surface area contributed by atoms with Gasteiger partial charge in [-0.2, -0.15) is 0 Å². The van der Waals surface area contributed by atoms with Crippen LogP contribution in [-0.4, -0.2) is 50.4 Å². The number of piperazine rings is 1. The van der Waals surface area contributed by atoms with E-state index in [9.17, 15) is 0 Å². The number of halogens is 1. The van der Waals surface area contributed by atoms with Crippen LogP contribution in [0.5, 0.6) is 11.5 Å². The number of fused-ring (bicyclic) bond motifs is 2. The highest BCUT2D eigenvalue weighted by Gasteiger charge is 2.23. The van der Waals surface area contributed by atoms with Gasteiger partial charge in [-0.25, -0.2) is 9.97 Å². The highest BCUT2D eigenvalue weighted by molar-refractivity contribution is 7.22. The van der Waals surface area contributed by atoms with Gasteiger partial charge >= 0.3 is 0 Å². The van der Waals surface area contributed by atoms with E-state index < -0.39 is 0 Å². The van der Waals surface area contributed by atoms with Crippen LogP contribution < -0.4 is 19.3 Å². The third-order valence-corrected chi connectivity index (χ3v) is 7.50. The van der Waals surface area contributed by atoms with Crippen molar-refractivity contribution in [2.45, 2.75) is 0 Å². The Morgan fingerprint density at radius 1 is 0.862 bits per heavy atom. The summed E-state index contributed by atoms with van der Waals surface area (Å²) in [4.78, 5) is 14.3.